The van der Waals surface area contributed by atoms with Crippen LogP contribution in [0.25, 0.3) is 0 Å². The Hall–Kier alpha value is -3.00. The third-order valence-corrected chi connectivity index (χ3v) is 6.80. The number of aliphatic hydroxyl groups is 4. The van der Waals surface area contributed by atoms with E-state index >= 15 is 0 Å². The summed E-state index contributed by atoms with van der Waals surface area (Å²) in [4.78, 5) is 33.8. The van der Waals surface area contributed by atoms with Crippen LogP contribution in [0.5, 0.6) is 5.75 Å². The molecule has 1 aromatic rings. The van der Waals surface area contributed by atoms with Crippen LogP contribution in [0.3, 0.4) is 0 Å². The van der Waals surface area contributed by atoms with Crippen LogP contribution in [0.15, 0.2) is 12.4 Å². The van der Waals surface area contributed by atoms with E-state index in [0.29, 0.717) is 5.56 Å². The molecule has 5 unspecified atom stereocenters. The van der Waals surface area contributed by atoms with E-state index in [1.807, 2.05) is 0 Å². The number of nitrogens with zero attached hydrogens (tertiary/aromatic N) is 1. The van der Waals surface area contributed by atoms with Crippen molar-refractivity contribution in [2.24, 2.45) is 17.2 Å². The zero-order chi connectivity index (χ0) is 31.0. The molecule has 1 fully saturated rings. The number of nitrogens with two attached hydrogens (primary N) is 3. The van der Waals surface area contributed by atoms with Gasteiger partial charge in [0.1, 0.15) is 48.6 Å². The normalized spacial score (nSPS) is 25.7. The van der Waals surface area contributed by atoms with Crippen LogP contribution in [0, 0.1) is 0 Å². The number of hydrogen-bond donors (Lipinski definition) is 11. The van der Waals surface area contributed by atoms with E-state index in [9.17, 15) is 50.1 Å². The molecule has 0 saturated carbocycles. The molecule has 17 nitrogen and oxygen atoms in total. The Kier molecular flexibility index (Phi) is 12.8. The minimum absolute atomic E-state index is 0.0195. The molecule has 0 amide bonds. The summed E-state index contributed by atoms with van der Waals surface area (Å²) in [6, 6.07) is -3.89. The molecule has 232 valence electrons. The molecule has 0 bridgehead atoms. The van der Waals surface area contributed by atoms with Gasteiger partial charge in [-0.2, -0.15) is 4.57 Å². The number of pyridine rings is 1. The summed E-state index contributed by atoms with van der Waals surface area (Å²) in [6.45, 7) is -0.831. The molecule has 17 heteroatoms. The first-order valence-electron chi connectivity index (χ1n) is 12.8. The van der Waals surface area contributed by atoms with Gasteiger partial charge in [0, 0.05) is 17.5 Å². The third kappa shape index (κ3) is 9.52. The van der Waals surface area contributed by atoms with Gasteiger partial charge in [0.15, 0.2) is 24.8 Å². The number of aliphatic hydroxyl groups excluding tert-OH is 4. The standard InChI is InChI=1S/C24H38N4O13/c25-13(21(34)35)3-1-10-6-28(8-16(30)12(10)5-15(27)23(38)39)7-11(2-4-14(26)22(36)37)40-24-20(33)19(32)18(31)17(9-29)41-24/h6,8,11,13-15,17-20,24,29,31-33H,1-5,7,9,25-27H2,(H3-,30,34,35,36,37,38,39)/p+1/t11?,13?,14?,15?,17-,18+,19+,20-,24?/m1/s1. The number of carboxylic acid groups (broad SMARTS) is 3. The molecule has 0 radical (unpaired) electrons. The fourth-order valence-electron chi connectivity index (χ4n) is 4.31. The molecule has 41 heavy (non-hydrogen) atoms. The van der Waals surface area contributed by atoms with Crippen molar-refractivity contribution in [2.45, 2.75) is 93.6 Å². The second kappa shape index (κ2) is 15.3. The van der Waals surface area contributed by atoms with Gasteiger partial charge in [-0.25, -0.2) is 0 Å². The minimum Gasteiger partial charge on any atom is -0.503 e. The Morgan fingerprint density at radius 2 is 1.46 bits per heavy atom. The first kappa shape index (κ1) is 34.2. The monoisotopic (exact) mass is 591 g/mol. The van der Waals surface area contributed by atoms with E-state index in [0.717, 1.165) is 0 Å². The van der Waals surface area contributed by atoms with Crippen molar-refractivity contribution in [1.29, 1.82) is 0 Å². The SMILES string of the molecule is NC(CCc1c[n+](CC(CCC(N)C(=O)O)OC2O[C@H](CO)[C@H](O)[C@H](O)[C@H]2O)cc(O)c1CC(N)C(=O)O)C(=O)O. The maximum Gasteiger partial charge on any atom is 0.320 e. The molecular weight excluding hydrogens is 552 g/mol. The summed E-state index contributed by atoms with van der Waals surface area (Å²) >= 11 is 0. The molecular formula is C24H39N4O13+. The molecule has 2 heterocycles. The van der Waals surface area contributed by atoms with Crippen molar-refractivity contribution >= 4 is 17.9 Å². The van der Waals surface area contributed by atoms with Crippen LogP contribution in [-0.4, -0.2) is 120 Å². The topological polar surface area (TPSA) is 313 Å². The highest BCUT2D eigenvalue weighted by Crippen LogP contribution is 2.25. The number of aliphatic carboxylic acids is 3. The Morgan fingerprint density at radius 1 is 0.878 bits per heavy atom. The third-order valence-electron chi connectivity index (χ3n) is 6.80. The molecule has 0 aliphatic carbocycles. The first-order valence-corrected chi connectivity index (χ1v) is 12.8. The zero-order valence-electron chi connectivity index (χ0n) is 22.1. The fourth-order valence-corrected chi connectivity index (χ4v) is 4.31. The number of carboxylic acids is 3. The lowest BCUT2D eigenvalue weighted by molar-refractivity contribution is -0.706. The van der Waals surface area contributed by atoms with E-state index in [1.165, 1.54) is 17.0 Å². The smallest absolute Gasteiger partial charge is 0.320 e. The summed E-state index contributed by atoms with van der Waals surface area (Å²) in [7, 11) is 0. The van der Waals surface area contributed by atoms with Crippen molar-refractivity contribution in [3.8, 4) is 5.75 Å². The predicted molar refractivity (Wildman–Crippen MR) is 135 cm³/mol. The summed E-state index contributed by atoms with van der Waals surface area (Å²) in [5, 5.41) is 78.3. The Balaban J connectivity index is 2.39. The van der Waals surface area contributed by atoms with E-state index in [4.69, 9.17) is 31.8 Å². The number of hydrogen-bond acceptors (Lipinski definition) is 13. The lowest BCUT2D eigenvalue weighted by Crippen LogP contribution is -2.60. The number of aryl methyl sites for hydroxylation is 1. The predicted octanol–water partition coefficient (Wildman–Crippen LogP) is -4.64. The minimum atomic E-state index is -1.74. The van der Waals surface area contributed by atoms with Gasteiger partial charge in [-0.1, -0.05) is 0 Å². The average molecular weight is 592 g/mol. The quantitative estimate of drug-likeness (QED) is 0.0805. The van der Waals surface area contributed by atoms with E-state index < -0.39 is 79.5 Å². The van der Waals surface area contributed by atoms with Crippen LogP contribution in [-0.2, 0) is 43.2 Å². The average Bonchev–Trinajstić information content (AvgIpc) is 2.91. The molecule has 1 aromatic heterocycles. The van der Waals surface area contributed by atoms with Gasteiger partial charge in [-0.15, -0.1) is 0 Å². The van der Waals surface area contributed by atoms with Crippen LogP contribution in [0.2, 0.25) is 0 Å². The molecule has 14 N–H and O–H groups in total. The van der Waals surface area contributed by atoms with Crippen molar-refractivity contribution in [1.82, 2.24) is 0 Å². The molecule has 2 rings (SSSR count). The molecule has 0 aromatic carbocycles. The van der Waals surface area contributed by atoms with E-state index in [-0.39, 0.29) is 50.0 Å². The first-order chi connectivity index (χ1) is 19.2. The second-order valence-corrected chi connectivity index (χ2v) is 9.95. The Labute approximate surface area is 234 Å². The van der Waals surface area contributed by atoms with Gasteiger partial charge in [0.25, 0.3) is 0 Å². The summed E-state index contributed by atoms with van der Waals surface area (Å²) in [6.07, 6.45) is -6.64. The number of ether oxygens (including phenoxy) is 2. The van der Waals surface area contributed by atoms with Crippen LogP contribution < -0.4 is 21.8 Å². The van der Waals surface area contributed by atoms with Gasteiger partial charge in [-0.05, 0) is 25.7 Å². The number of carbonyl (C=O) groups is 3. The van der Waals surface area contributed by atoms with Crippen LogP contribution >= 0.6 is 0 Å². The van der Waals surface area contributed by atoms with Crippen LogP contribution in [0.1, 0.15) is 30.4 Å². The molecule has 0 spiro atoms. The second-order valence-electron chi connectivity index (χ2n) is 9.95. The summed E-state index contributed by atoms with van der Waals surface area (Å²) in [5.41, 5.74) is 17.4. The number of aromatic hydroxyl groups is 1. The van der Waals surface area contributed by atoms with Gasteiger partial charge in [-0.3, -0.25) is 14.4 Å². The molecule has 1 aliphatic heterocycles. The lowest BCUT2D eigenvalue weighted by Gasteiger charge is -2.40. The van der Waals surface area contributed by atoms with E-state index in [1.54, 1.807) is 0 Å². The summed E-state index contributed by atoms with van der Waals surface area (Å²) < 4.78 is 12.6. The number of aromatic nitrogens is 1. The summed E-state index contributed by atoms with van der Waals surface area (Å²) in [5.74, 6) is -4.23. The van der Waals surface area contributed by atoms with Crippen molar-refractivity contribution in [2.75, 3.05) is 6.61 Å². The van der Waals surface area contributed by atoms with Crippen LogP contribution in [0.4, 0.5) is 0 Å². The number of rotatable bonds is 16. The largest absolute Gasteiger partial charge is 0.503 e. The zero-order valence-corrected chi connectivity index (χ0v) is 22.1. The van der Waals surface area contributed by atoms with E-state index in [2.05, 4.69) is 0 Å². The Morgan fingerprint density at radius 3 is 2.02 bits per heavy atom. The molecule has 9 atom stereocenters. The van der Waals surface area contributed by atoms with Gasteiger partial charge in [0.05, 0.1) is 6.61 Å². The maximum atomic E-state index is 11.3. The van der Waals surface area contributed by atoms with Crippen molar-refractivity contribution in [3.05, 3.63) is 23.5 Å². The van der Waals surface area contributed by atoms with Crippen molar-refractivity contribution < 1.29 is 69.3 Å². The highest BCUT2D eigenvalue weighted by molar-refractivity contribution is 5.74. The highest BCUT2D eigenvalue weighted by Gasteiger charge is 2.45. The Bertz CT molecular complexity index is 1060. The molecule has 1 aliphatic rings. The lowest BCUT2D eigenvalue weighted by atomic mass is 9.96. The maximum absolute atomic E-state index is 11.3. The van der Waals surface area contributed by atoms with Crippen molar-refractivity contribution in [3.63, 3.8) is 0 Å². The van der Waals surface area contributed by atoms with Gasteiger partial charge < -0.3 is 67.5 Å². The fraction of sp³-hybridized carbons (Fsp3) is 0.667. The van der Waals surface area contributed by atoms with Gasteiger partial charge >= 0.3 is 17.9 Å². The highest BCUT2D eigenvalue weighted by atomic mass is 16.7. The molecule has 1 saturated heterocycles. The van der Waals surface area contributed by atoms with Gasteiger partial charge in [0.2, 0.25) is 6.20 Å².